The lowest BCUT2D eigenvalue weighted by molar-refractivity contribution is 0.475. The van der Waals surface area contributed by atoms with Crippen molar-refractivity contribution in [3.63, 3.8) is 0 Å². The zero-order chi connectivity index (χ0) is 19.6. The average molecular weight is 378 g/mol. The summed E-state index contributed by atoms with van der Waals surface area (Å²) in [5.41, 5.74) is 4.48. The van der Waals surface area contributed by atoms with Crippen LogP contribution >= 0.6 is 0 Å². The van der Waals surface area contributed by atoms with Crippen LogP contribution in [0, 0.1) is 25.2 Å². The van der Waals surface area contributed by atoms with E-state index in [1.54, 1.807) is 12.1 Å². The Morgan fingerprint density at radius 2 is 1.52 bits per heavy atom. The molecule has 136 valence electrons. The van der Waals surface area contributed by atoms with Crippen LogP contribution in [0.3, 0.4) is 0 Å². The molecule has 0 aliphatic carbocycles. The number of hydrogen-bond acceptors (Lipinski definition) is 4. The van der Waals surface area contributed by atoms with Crippen molar-refractivity contribution in [2.75, 3.05) is 4.72 Å². The third-order valence-corrected chi connectivity index (χ3v) is 5.69. The van der Waals surface area contributed by atoms with E-state index in [4.69, 9.17) is 5.26 Å². The normalized spacial score (nSPS) is 11.0. The van der Waals surface area contributed by atoms with Gasteiger partial charge in [0.2, 0.25) is 0 Å². The Bertz CT molecular complexity index is 1150. The van der Waals surface area contributed by atoms with Gasteiger partial charge < -0.3 is 5.11 Å². The molecule has 0 radical (unpaired) electrons. The first-order chi connectivity index (χ1) is 12.8. The molecule has 2 N–H and O–H groups in total. The van der Waals surface area contributed by atoms with E-state index in [9.17, 15) is 13.5 Å². The molecule has 27 heavy (non-hydrogen) atoms. The minimum absolute atomic E-state index is 0.00307. The summed E-state index contributed by atoms with van der Waals surface area (Å²) in [6.07, 6.45) is 0. The largest absolute Gasteiger partial charge is 0.508 e. The van der Waals surface area contributed by atoms with E-state index >= 15 is 0 Å². The Balaban J connectivity index is 1.98. The van der Waals surface area contributed by atoms with E-state index in [-0.39, 0.29) is 10.6 Å². The zero-order valence-electron chi connectivity index (χ0n) is 14.9. The molecule has 0 bridgehead atoms. The van der Waals surface area contributed by atoms with Gasteiger partial charge in [0.25, 0.3) is 10.0 Å². The summed E-state index contributed by atoms with van der Waals surface area (Å²) in [5, 5.41) is 18.4. The molecule has 0 atom stereocenters. The number of nitriles is 1. The average Bonchev–Trinajstić information content (AvgIpc) is 2.63. The maximum Gasteiger partial charge on any atom is 0.261 e. The highest BCUT2D eigenvalue weighted by atomic mass is 32.2. The quantitative estimate of drug-likeness (QED) is 0.706. The molecular weight excluding hydrogens is 360 g/mol. The number of nitrogens with zero attached hydrogens (tertiary/aromatic N) is 1. The Kier molecular flexibility index (Phi) is 4.89. The highest BCUT2D eigenvalue weighted by Crippen LogP contribution is 2.28. The van der Waals surface area contributed by atoms with Crippen LogP contribution in [0.4, 0.5) is 5.69 Å². The second kappa shape index (κ2) is 7.14. The van der Waals surface area contributed by atoms with E-state index in [1.165, 1.54) is 24.3 Å². The van der Waals surface area contributed by atoms with Gasteiger partial charge in [-0.3, -0.25) is 4.72 Å². The standard InChI is InChI=1S/C21H18N2O3S/c1-14-3-4-17(16-5-6-18(13-22)15(2)11-16)12-21(14)23-27(25,26)20-9-7-19(24)8-10-20/h3-12,23-24H,1-2H3. The molecule has 3 aromatic carbocycles. The van der Waals surface area contributed by atoms with E-state index < -0.39 is 10.0 Å². The summed E-state index contributed by atoms with van der Waals surface area (Å²) < 4.78 is 27.9. The fraction of sp³-hybridized carbons (Fsp3) is 0.0952. The van der Waals surface area contributed by atoms with Crippen LogP contribution in [-0.4, -0.2) is 13.5 Å². The highest BCUT2D eigenvalue weighted by Gasteiger charge is 2.16. The van der Waals surface area contributed by atoms with Gasteiger partial charge in [0.15, 0.2) is 0 Å². The van der Waals surface area contributed by atoms with Crippen molar-refractivity contribution in [2.24, 2.45) is 0 Å². The minimum Gasteiger partial charge on any atom is -0.508 e. The number of aromatic hydroxyl groups is 1. The SMILES string of the molecule is Cc1cc(-c2ccc(C)c(NS(=O)(=O)c3ccc(O)cc3)c2)ccc1C#N. The van der Waals surface area contributed by atoms with Crippen LogP contribution in [0.15, 0.2) is 65.6 Å². The number of hydrogen-bond donors (Lipinski definition) is 2. The molecule has 5 nitrogen and oxygen atoms in total. The summed E-state index contributed by atoms with van der Waals surface area (Å²) in [6, 6.07) is 18.5. The predicted octanol–water partition coefficient (Wildman–Crippen LogP) is 4.35. The smallest absolute Gasteiger partial charge is 0.261 e. The summed E-state index contributed by atoms with van der Waals surface area (Å²) in [6.45, 7) is 3.69. The molecule has 0 spiro atoms. The first-order valence-electron chi connectivity index (χ1n) is 8.24. The Labute approximate surface area is 158 Å². The van der Waals surface area contributed by atoms with Gasteiger partial charge in [0.1, 0.15) is 5.75 Å². The van der Waals surface area contributed by atoms with E-state index in [1.807, 2.05) is 38.1 Å². The molecule has 0 saturated heterocycles. The lowest BCUT2D eigenvalue weighted by Gasteiger charge is -2.13. The van der Waals surface area contributed by atoms with Crippen molar-refractivity contribution in [2.45, 2.75) is 18.7 Å². The predicted molar refractivity (Wildman–Crippen MR) is 105 cm³/mol. The molecule has 0 aliphatic rings. The van der Waals surface area contributed by atoms with Gasteiger partial charge in [-0.25, -0.2) is 8.42 Å². The van der Waals surface area contributed by atoms with Gasteiger partial charge in [0, 0.05) is 0 Å². The molecule has 3 aromatic rings. The van der Waals surface area contributed by atoms with Gasteiger partial charge in [-0.15, -0.1) is 0 Å². The van der Waals surface area contributed by atoms with Gasteiger partial charge in [-0.1, -0.05) is 24.3 Å². The third-order valence-electron chi connectivity index (χ3n) is 4.31. The fourth-order valence-electron chi connectivity index (χ4n) is 2.71. The number of nitrogens with one attached hydrogen (secondary N) is 1. The molecule has 0 unspecified atom stereocenters. The monoisotopic (exact) mass is 378 g/mol. The molecule has 0 aliphatic heterocycles. The summed E-state index contributed by atoms with van der Waals surface area (Å²) in [5.74, 6) is 0.00307. The lowest BCUT2D eigenvalue weighted by Crippen LogP contribution is -2.13. The minimum atomic E-state index is -3.77. The molecule has 3 rings (SSSR count). The Hall–Kier alpha value is -3.30. The molecule has 0 amide bonds. The first-order valence-corrected chi connectivity index (χ1v) is 9.72. The number of benzene rings is 3. The Morgan fingerprint density at radius 1 is 0.889 bits per heavy atom. The number of aryl methyl sites for hydroxylation is 2. The molecular formula is C21H18N2O3S. The number of anilines is 1. The highest BCUT2D eigenvalue weighted by molar-refractivity contribution is 7.92. The molecule has 0 saturated carbocycles. The third kappa shape index (κ3) is 3.94. The first kappa shape index (κ1) is 18.5. The van der Waals surface area contributed by atoms with E-state index in [0.29, 0.717) is 11.3 Å². The van der Waals surface area contributed by atoms with Gasteiger partial charge in [-0.2, -0.15) is 5.26 Å². The van der Waals surface area contributed by atoms with Crippen molar-refractivity contribution in [3.8, 4) is 22.9 Å². The lowest BCUT2D eigenvalue weighted by atomic mass is 9.99. The Morgan fingerprint density at radius 3 is 2.15 bits per heavy atom. The van der Waals surface area contributed by atoms with Crippen molar-refractivity contribution in [1.82, 2.24) is 0 Å². The van der Waals surface area contributed by atoms with Crippen LogP contribution in [0.25, 0.3) is 11.1 Å². The van der Waals surface area contributed by atoms with Crippen LogP contribution < -0.4 is 4.72 Å². The van der Waals surface area contributed by atoms with Crippen molar-refractivity contribution < 1.29 is 13.5 Å². The number of rotatable bonds is 4. The second-order valence-electron chi connectivity index (χ2n) is 6.27. The summed E-state index contributed by atoms with van der Waals surface area (Å²) in [7, 11) is -3.77. The molecule has 0 aromatic heterocycles. The van der Waals surface area contributed by atoms with Gasteiger partial charge >= 0.3 is 0 Å². The summed E-state index contributed by atoms with van der Waals surface area (Å²) in [4.78, 5) is 0.0688. The van der Waals surface area contributed by atoms with Crippen LogP contribution in [0.5, 0.6) is 5.75 Å². The molecule has 0 heterocycles. The van der Waals surface area contributed by atoms with Gasteiger partial charge in [0.05, 0.1) is 22.2 Å². The number of sulfonamides is 1. The number of phenols is 1. The fourth-order valence-corrected chi connectivity index (χ4v) is 3.83. The second-order valence-corrected chi connectivity index (χ2v) is 7.95. The topological polar surface area (TPSA) is 90.2 Å². The number of phenolic OH excluding ortho intramolecular Hbond substituents is 1. The molecule has 6 heteroatoms. The van der Waals surface area contributed by atoms with Gasteiger partial charge in [-0.05, 0) is 72.5 Å². The maximum absolute atomic E-state index is 12.6. The molecule has 0 fully saturated rings. The zero-order valence-corrected chi connectivity index (χ0v) is 15.7. The van der Waals surface area contributed by atoms with Crippen LogP contribution in [-0.2, 0) is 10.0 Å². The van der Waals surface area contributed by atoms with Crippen molar-refractivity contribution in [1.29, 1.82) is 5.26 Å². The maximum atomic E-state index is 12.6. The van der Waals surface area contributed by atoms with E-state index in [0.717, 1.165) is 22.3 Å². The summed E-state index contributed by atoms with van der Waals surface area (Å²) >= 11 is 0. The van der Waals surface area contributed by atoms with Crippen LogP contribution in [0.1, 0.15) is 16.7 Å². The van der Waals surface area contributed by atoms with Crippen LogP contribution in [0.2, 0.25) is 0 Å². The van der Waals surface area contributed by atoms with Crippen molar-refractivity contribution in [3.05, 3.63) is 77.4 Å². The van der Waals surface area contributed by atoms with E-state index in [2.05, 4.69) is 10.8 Å². The van der Waals surface area contributed by atoms with Crippen molar-refractivity contribution >= 4 is 15.7 Å².